The maximum absolute atomic E-state index is 11.3. The second-order valence-corrected chi connectivity index (χ2v) is 8.62. The molecular formula is C22H21N5O4S. The molecule has 0 bridgehead atoms. The maximum Gasteiger partial charge on any atom is 0.280 e. The lowest BCUT2D eigenvalue weighted by Crippen LogP contribution is -2.30. The monoisotopic (exact) mass is 451 g/mol. The van der Waals surface area contributed by atoms with E-state index in [1.54, 1.807) is 12.3 Å². The van der Waals surface area contributed by atoms with Gasteiger partial charge in [-0.25, -0.2) is 4.98 Å². The number of thiazole rings is 1. The summed E-state index contributed by atoms with van der Waals surface area (Å²) in [6.45, 7) is 0.592. The van der Waals surface area contributed by atoms with E-state index in [2.05, 4.69) is 31.2 Å². The van der Waals surface area contributed by atoms with Gasteiger partial charge in [-0.3, -0.25) is 4.90 Å². The van der Waals surface area contributed by atoms with Crippen molar-refractivity contribution in [2.45, 2.75) is 18.9 Å². The highest BCUT2D eigenvalue weighted by Crippen LogP contribution is 2.44. The van der Waals surface area contributed by atoms with Crippen LogP contribution in [0.25, 0.3) is 33.7 Å². The van der Waals surface area contributed by atoms with Crippen molar-refractivity contribution < 1.29 is 18.9 Å². The molecule has 164 valence electrons. The van der Waals surface area contributed by atoms with Crippen molar-refractivity contribution in [3.63, 3.8) is 0 Å². The highest BCUT2D eigenvalue weighted by atomic mass is 32.1. The van der Waals surface area contributed by atoms with Gasteiger partial charge in [0.15, 0.2) is 16.5 Å². The van der Waals surface area contributed by atoms with Crippen molar-refractivity contribution in [2.24, 2.45) is 5.92 Å². The van der Waals surface area contributed by atoms with E-state index in [1.807, 2.05) is 24.6 Å². The number of benzene rings is 1. The molecule has 4 aromatic rings. The minimum absolute atomic E-state index is 0.0464. The lowest BCUT2D eigenvalue weighted by Gasteiger charge is -2.29. The van der Waals surface area contributed by atoms with Crippen molar-refractivity contribution in [1.29, 1.82) is 0 Å². The number of carbonyl (C=O) groups is 1. The van der Waals surface area contributed by atoms with Gasteiger partial charge in [0.05, 0.1) is 6.61 Å². The Bertz CT molecular complexity index is 1220. The van der Waals surface area contributed by atoms with E-state index in [0.717, 1.165) is 34.4 Å². The fourth-order valence-corrected chi connectivity index (χ4v) is 5.02. The zero-order valence-corrected chi connectivity index (χ0v) is 18.2. The second kappa shape index (κ2) is 8.73. The highest BCUT2D eigenvalue weighted by Gasteiger charge is 2.36. The number of carbonyl (C=O) groups excluding carboxylic acids is 1. The predicted octanol–water partition coefficient (Wildman–Crippen LogP) is 3.24. The van der Waals surface area contributed by atoms with Gasteiger partial charge < -0.3 is 18.9 Å². The number of hydrogen-bond acceptors (Lipinski definition) is 10. The van der Waals surface area contributed by atoms with E-state index in [-0.39, 0.29) is 24.5 Å². The fourth-order valence-electron chi connectivity index (χ4n) is 4.44. The zero-order chi connectivity index (χ0) is 22.1. The van der Waals surface area contributed by atoms with Crippen LogP contribution in [0.5, 0.6) is 0 Å². The van der Waals surface area contributed by atoms with E-state index in [0.29, 0.717) is 30.2 Å². The number of hydrogen-bond donors (Lipinski definition) is 1. The van der Waals surface area contributed by atoms with Crippen molar-refractivity contribution >= 4 is 17.6 Å². The quantitative estimate of drug-likeness (QED) is 0.403. The SMILES string of the molecule is CN(CCO)C1c2cccc(-c3noc(-c4cc(-c5nccs5)on4)n3)c2CC1CC=O. The topological polar surface area (TPSA) is 118 Å². The Hall–Kier alpha value is -3.21. The average Bonchev–Trinajstić information content (AvgIpc) is 3.59. The van der Waals surface area contributed by atoms with Gasteiger partial charge in [0, 0.05) is 42.2 Å². The van der Waals surface area contributed by atoms with Crippen molar-refractivity contribution in [3.8, 4) is 33.7 Å². The molecule has 1 N–H and O–H groups in total. The number of likely N-dealkylation sites (N-methyl/N-ethyl adjacent to an activating group) is 1. The van der Waals surface area contributed by atoms with Gasteiger partial charge in [-0.05, 0) is 30.5 Å². The molecule has 3 aromatic heterocycles. The lowest BCUT2D eigenvalue weighted by molar-refractivity contribution is -0.109. The summed E-state index contributed by atoms with van der Waals surface area (Å²) >= 11 is 1.45. The molecule has 1 aliphatic carbocycles. The molecule has 9 nitrogen and oxygen atoms in total. The third-order valence-electron chi connectivity index (χ3n) is 5.81. The van der Waals surface area contributed by atoms with Crippen LogP contribution in [0.4, 0.5) is 0 Å². The first kappa shape index (κ1) is 20.7. The predicted molar refractivity (Wildman–Crippen MR) is 117 cm³/mol. The number of aliphatic hydroxyl groups is 1. The smallest absolute Gasteiger partial charge is 0.280 e. The van der Waals surface area contributed by atoms with E-state index in [9.17, 15) is 9.90 Å². The molecule has 0 fully saturated rings. The summed E-state index contributed by atoms with van der Waals surface area (Å²) in [5.41, 5.74) is 3.55. The van der Waals surface area contributed by atoms with Crippen LogP contribution in [0.1, 0.15) is 23.6 Å². The number of rotatable bonds is 8. The normalized spacial score (nSPS) is 17.7. The fraction of sp³-hybridized carbons (Fsp3) is 0.318. The van der Waals surface area contributed by atoms with Crippen LogP contribution in [0, 0.1) is 5.92 Å². The van der Waals surface area contributed by atoms with Gasteiger partial charge in [0.25, 0.3) is 5.89 Å². The Labute approximate surface area is 187 Å². The van der Waals surface area contributed by atoms with Crippen molar-refractivity contribution in [3.05, 3.63) is 47.0 Å². The van der Waals surface area contributed by atoms with Crippen LogP contribution in [-0.4, -0.2) is 56.8 Å². The molecule has 3 heterocycles. The van der Waals surface area contributed by atoms with Crippen LogP contribution in [0.3, 0.4) is 0 Å². The molecule has 0 spiro atoms. The number of fused-ring (bicyclic) bond motifs is 1. The summed E-state index contributed by atoms with van der Waals surface area (Å²) in [4.78, 5) is 22.2. The summed E-state index contributed by atoms with van der Waals surface area (Å²) in [6.07, 6.45) is 3.84. The largest absolute Gasteiger partial charge is 0.395 e. The van der Waals surface area contributed by atoms with Crippen molar-refractivity contribution in [2.75, 3.05) is 20.2 Å². The van der Waals surface area contributed by atoms with E-state index in [1.165, 1.54) is 11.3 Å². The molecule has 1 aromatic carbocycles. The third-order valence-corrected chi connectivity index (χ3v) is 6.60. The van der Waals surface area contributed by atoms with Gasteiger partial charge in [-0.15, -0.1) is 11.3 Å². The molecule has 0 amide bonds. The summed E-state index contributed by atoms with van der Waals surface area (Å²) < 4.78 is 10.9. The lowest BCUT2D eigenvalue weighted by atomic mass is 9.96. The van der Waals surface area contributed by atoms with Crippen molar-refractivity contribution in [1.82, 2.24) is 25.2 Å². The summed E-state index contributed by atoms with van der Waals surface area (Å²) in [5, 5.41) is 20.2. The molecule has 0 radical (unpaired) electrons. The van der Waals surface area contributed by atoms with E-state index < -0.39 is 0 Å². The molecule has 0 saturated carbocycles. The number of aliphatic hydroxyl groups excluding tert-OH is 1. The standard InChI is InChI=1S/C22H21N5O4S/c1-27(7-9-29)19-13(5-8-28)11-16-14(19)3-2-4-15(16)20-24-21(31-26-20)17-12-18(30-25-17)22-23-6-10-32-22/h2-4,6,8,10,12-13,19,29H,5,7,9,11H2,1H3. The van der Waals surface area contributed by atoms with Crippen LogP contribution in [0.15, 0.2) is 44.9 Å². The maximum atomic E-state index is 11.3. The molecule has 0 saturated heterocycles. The first-order chi connectivity index (χ1) is 15.7. The first-order valence-corrected chi connectivity index (χ1v) is 11.1. The molecule has 10 heteroatoms. The highest BCUT2D eigenvalue weighted by molar-refractivity contribution is 7.13. The summed E-state index contributed by atoms with van der Waals surface area (Å²) in [7, 11) is 1.97. The number of aromatic nitrogens is 4. The third kappa shape index (κ3) is 3.66. The number of aldehydes is 1. The molecule has 2 unspecified atom stereocenters. The molecule has 0 aliphatic heterocycles. The van der Waals surface area contributed by atoms with Crippen LogP contribution < -0.4 is 0 Å². The minimum atomic E-state index is 0.0464. The Morgan fingerprint density at radius 3 is 3.00 bits per heavy atom. The number of nitrogens with zero attached hydrogens (tertiary/aromatic N) is 5. The Kier molecular flexibility index (Phi) is 5.64. The van der Waals surface area contributed by atoms with Gasteiger partial charge in [0.1, 0.15) is 6.29 Å². The minimum Gasteiger partial charge on any atom is -0.395 e. The van der Waals surface area contributed by atoms with E-state index >= 15 is 0 Å². The Balaban J connectivity index is 1.48. The first-order valence-electron chi connectivity index (χ1n) is 10.3. The summed E-state index contributed by atoms with van der Waals surface area (Å²) in [5.74, 6) is 1.40. The van der Waals surface area contributed by atoms with Crippen LogP contribution >= 0.6 is 11.3 Å². The second-order valence-electron chi connectivity index (χ2n) is 7.73. The molecule has 5 rings (SSSR count). The van der Waals surface area contributed by atoms with Gasteiger partial charge in [-0.2, -0.15) is 4.98 Å². The summed E-state index contributed by atoms with van der Waals surface area (Å²) in [6, 6.07) is 7.77. The van der Waals surface area contributed by atoms with Crippen LogP contribution in [-0.2, 0) is 11.2 Å². The zero-order valence-electron chi connectivity index (χ0n) is 17.3. The average molecular weight is 452 g/mol. The molecule has 2 atom stereocenters. The van der Waals surface area contributed by atoms with Gasteiger partial charge in [-0.1, -0.05) is 28.5 Å². The Morgan fingerprint density at radius 2 is 2.22 bits per heavy atom. The van der Waals surface area contributed by atoms with Gasteiger partial charge >= 0.3 is 0 Å². The van der Waals surface area contributed by atoms with E-state index in [4.69, 9.17) is 9.05 Å². The molecular weight excluding hydrogens is 430 g/mol. The molecule has 1 aliphatic rings. The molecule has 32 heavy (non-hydrogen) atoms. The van der Waals surface area contributed by atoms with Crippen LogP contribution in [0.2, 0.25) is 0 Å². The van der Waals surface area contributed by atoms with Gasteiger partial charge in [0.2, 0.25) is 5.82 Å². The Morgan fingerprint density at radius 1 is 1.31 bits per heavy atom.